The Labute approximate surface area is 216 Å². The molecule has 1 saturated carbocycles. The fraction of sp³-hybridized carbons (Fsp3) is 0.423. The number of carbonyl (C=O) groups excluding carboxylic acids is 3. The van der Waals surface area contributed by atoms with Gasteiger partial charge >= 0.3 is 12.3 Å². The number of benzene rings is 2. The summed E-state index contributed by atoms with van der Waals surface area (Å²) >= 11 is 0. The van der Waals surface area contributed by atoms with E-state index in [4.69, 9.17) is 14.2 Å². The standard InChI is InChI=1S/C26H27F3N2O7/c1-2-35-25(34)17-6-4-16(5-7-17)23(32)31-20-9-8-18(38-26(27,28)29)12-19(20)24(33)30-13-15-3-10-21-22(11-15)37-14-36-21/h3,8-12,16-17H,2,4-7,13-14H2,1H3,(H,30,33)(H,31,32). The number of hydrogen-bond donors (Lipinski definition) is 2. The monoisotopic (exact) mass is 536 g/mol. The minimum absolute atomic E-state index is 0.0419. The lowest BCUT2D eigenvalue weighted by atomic mass is 9.81. The van der Waals surface area contributed by atoms with Crippen LogP contribution < -0.4 is 24.8 Å². The smallest absolute Gasteiger partial charge is 0.466 e. The molecule has 2 aromatic carbocycles. The number of amides is 2. The largest absolute Gasteiger partial charge is 0.573 e. The van der Waals surface area contributed by atoms with Crippen LogP contribution in [0.5, 0.6) is 17.2 Å². The van der Waals surface area contributed by atoms with Crippen molar-refractivity contribution in [2.75, 3.05) is 18.7 Å². The van der Waals surface area contributed by atoms with Gasteiger partial charge in [-0.05, 0) is 68.5 Å². The van der Waals surface area contributed by atoms with Crippen molar-refractivity contribution in [2.24, 2.45) is 11.8 Å². The molecule has 38 heavy (non-hydrogen) atoms. The highest BCUT2D eigenvalue weighted by molar-refractivity contribution is 6.04. The fourth-order valence-corrected chi connectivity index (χ4v) is 4.43. The van der Waals surface area contributed by atoms with E-state index in [9.17, 15) is 27.6 Å². The average molecular weight is 537 g/mol. The van der Waals surface area contributed by atoms with Crippen molar-refractivity contribution in [1.82, 2.24) is 5.32 Å². The second-order valence-electron chi connectivity index (χ2n) is 8.92. The lowest BCUT2D eigenvalue weighted by molar-refractivity contribution is -0.274. The Morgan fingerprint density at radius 1 is 0.974 bits per heavy atom. The summed E-state index contributed by atoms with van der Waals surface area (Å²) < 4.78 is 58.0. The molecule has 2 amide bonds. The zero-order chi connectivity index (χ0) is 27.3. The van der Waals surface area contributed by atoms with Gasteiger partial charge in [-0.25, -0.2) is 0 Å². The number of fused-ring (bicyclic) bond motifs is 1. The van der Waals surface area contributed by atoms with Crippen LogP contribution >= 0.6 is 0 Å². The third kappa shape index (κ3) is 6.87. The van der Waals surface area contributed by atoms with E-state index in [1.54, 1.807) is 25.1 Å². The van der Waals surface area contributed by atoms with Gasteiger partial charge in [-0.1, -0.05) is 6.07 Å². The number of esters is 1. The number of alkyl halides is 3. The molecule has 0 aromatic heterocycles. The maximum atomic E-state index is 13.0. The predicted octanol–water partition coefficient (Wildman–Crippen LogP) is 4.55. The van der Waals surface area contributed by atoms with Crippen molar-refractivity contribution in [2.45, 2.75) is 45.5 Å². The van der Waals surface area contributed by atoms with Crippen molar-refractivity contribution in [3.63, 3.8) is 0 Å². The van der Waals surface area contributed by atoms with Gasteiger partial charge < -0.3 is 29.6 Å². The SMILES string of the molecule is CCOC(=O)C1CCC(C(=O)Nc2ccc(OC(F)(F)F)cc2C(=O)NCc2ccc3c(c2)OCO3)CC1. The summed E-state index contributed by atoms with van der Waals surface area (Å²) in [6, 6.07) is 8.22. The molecule has 0 radical (unpaired) electrons. The van der Waals surface area contributed by atoms with Crippen molar-refractivity contribution in [1.29, 1.82) is 0 Å². The number of ether oxygens (including phenoxy) is 4. The summed E-state index contributed by atoms with van der Waals surface area (Å²) in [5, 5.41) is 5.31. The lowest BCUT2D eigenvalue weighted by Gasteiger charge is -2.26. The first-order chi connectivity index (χ1) is 18.1. The molecule has 1 aliphatic carbocycles. The molecule has 0 bridgehead atoms. The van der Waals surface area contributed by atoms with Gasteiger partial charge in [0.2, 0.25) is 12.7 Å². The molecule has 9 nitrogen and oxygen atoms in total. The topological polar surface area (TPSA) is 112 Å². The molecule has 2 aromatic rings. The minimum atomic E-state index is -4.96. The first kappa shape index (κ1) is 27.1. The molecule has 4 rings (SSSR count). The van der Waals surface area contributed by atoms with Gasteiger partial charge in [0.1, 0.15) is 5.75 Å². The highest BCUT2D eigenvalue weighted by atomic mass is 19.4. The molecular formula is C26H27F3N2O7. The highest BCUT2D eigenvalue weighted by Crippen LogP contribution is 2.34. The fourth-order valence-electron chi connectivity index (χ4n) is 4.43. The third-order valence-electron chi connectivity index (χ3n) is 6.34. The average Bonchev–Trinajstić information content (AvgIpc) is 3.35. The summed E-state index contributed by atoms with van der Waals surface area (Å²) in [6.45, 7) is 2.15. The lowest BCUT2D eigenvalue weighted by Crippen LogP contribution is -2.31. The second-order valence-corrected chi connectivity index (χ2v) is 8.92. The Morgan fingerprint density at radius 3 is 2.39 bits per heavy atom. The first-order valence-corrected chi connectivity index (χ1v) is 12.2. The van der Waals surface area contributed by atoms with Gasteiger partial charge in [0.15, 0.2) is 11.5 Å². The predicted molar refractivity (Wildman–Crippen MR) is 128 cm³/mol. The van der Waals surface area contributed by atoms with Crippen LogP contribution in [-0.4, -0.2) is 37.5 Å². The third-order valence-corrected chi connectivity index (χ3v) is 6.34. The molecular weight excluding hydrogens is 509 g/mol. The Kier molecular flexibility index (Phi) is 8.28. The molecule has 2 N–H and O–H groups in total. The van der Waals surface area contributed by atoms with Gasteiger partial charge in [0.05, 0.1) is 23.8 Å². The molecule has 0 saturated heterocycles. The summed E-state index contributed by atoms with van der Waals surface area (Å²) in [4.78, 5) is 37.9. The van der Waals surface area contributed by atoms with Crippen LogP contribution in [0.3, 0.4) is 0 Å². The molecule has 1 heterocycles. The number of carbonyl (C=O) groups is 3. The molecule has 12 heteroatoms. The number of anilines is 1. The van der Waals surface area contributed by atoms with Gasteiger partial charge in [-0.2, -0.15) is 0 Å². The molecule has 204 valence electrons. The maximum absolute atomic E-state index is 13.0. The highest BCUT2D eigenvalue weighted by Gasteiger charge is 2.33. The zero-order valence-electron chi connectivity index (χ0n) is 20.6. The van der Waals surface area contributed by atoms with E-state index in [1.807, 2.05) is 0 Å². The van der Waals surface area contributed by atoms with E-state index >= 15 is 0 Å². The van der Waals surface area contributed by atoms with Crippen molar-refractivity contribution in [3.05, 3.63) is 47.5 Å². The second kappa shape index (κ2) is 11.6. The van der Waals surface area contributed by atoms with Gasteiger partial charge in [0.25, 0.3) is 5.91 Å². The Bertz CT molecular complexity index is 1190. The van der Waals surface area contributed by atoms with Crippen LogP contribution in [0.4, 0.5) is 18.9 Å². The normalized spacial score (nSPS) is 18.4. The van der Waals surface area contributed by atoms with Crippen LogP contribution in [0, 0.1) is 11.8 Å². The van der Waals surface area contributed by atoms with Crippen LogP contribution in [0.2, 0.25) is 0 Å². The van der Waals surface area contributed by atoms with E-state index in [2.05, 4.69) is 15.4 Å². The number of nitrogens with one attached hydrogen (secondary N) is 2. The molecule has 0 atom stereocenters. The quantitative estimate of drug-likeness (QED) is 0.476. The first-order valence-electron chi connectivity index (χ1n) is 12.2. The van der Waals surface area contributed by atoms with E-state index in [0.29, 0.717) is 42.7 Å². The van der Waals surface area contributed by atoms with Crippen molar-refractivity contribution >= 4 is 23.5 Å². The van der Waals surface area contributed by atoms with E-state index in [1.165, 1.54) is 6.07 Å². The van der Waals surface area contributed by atoms with Crippen LogP contribution in [-0.2, 0) is 20.9 Å². The van der Waals surface area contributed by atoms with Gasteiger partial charge in [-0.3, -0.25) is 14.4 Å². The Morgan fingerprint density at radius 2 is 1.68 bits per heavy atom. The van der Waals surface area contributed by atoms with E-state index in [0.717, 1.165) is 12.1 Å². The van der Waals surface area contributed by atoms with Crippen molar-refractivity contribution in [3.8, 4) is 17.2 Å². The zero-order valence-corrected chi connectivity index (χ0v) is 20.6. The number of rotatable bonds is 8. The summed E-state index contributed by atoms with van der Waals surface area (Å²) in [7, 11) is 0. The van der Waals surface area contributed by atoms with Crippen LogP contribution in [0.1, 0.15) is 48.5 Å². The summed E-state index contributed by atoms with van der Waals surface area (Å²) in [5.41, 5.74) is 0.524. The van der Waals surface area contributed by atoms with Crippen LogP contribution in [0.25, 0.3) is 0 Å². The Balaban J connectivity index is 1.45. The number of halogens is 3. The van der Waals surface area contributed by atoms with Crippen LogP contribution in [0.15, 0.2) is 36.4 Å². The molecule has 0 spiro atoms. The Hall–Kier alpha value is -3.96. The molecule has 1 aliphatic heterocycles. The van der Waals surface area contributed by atoms with E-state index < -0.39 is 23.9 Å². The summed E-state index contributed by atoms with van der Waals surface area (Å²) in [6.07, 6.45) is -3.11. The molecule has 1 fully saturated rings. The van der Waals surface area contributed by atoms with Crippen molar-refractivity contribution < 1.29 is 46.5 Å². The molecule has 0 unspecified atom stereocenters. The number of hydrogen-bond acceptors (Lipinski definition) is 7. The summed E-state index contributed by atoms with van der Waals surface area (Å²) in [5.74, 6) is -1.59. The van der Waals surface area contributed by atoms with E-state index in [-0.39, 0.29) is 49.0 Å². The molecule has 2 aliphatic rings. The minimum Gasteiger partial charge on any atom is -0.466 e. The maximum Gasteiger partial charge on any atom is 0.573 e. The van der Waals surface area contributed by atoms with Gasteiger partial charge in [0, 0.05) is 12.5 Å². The van der Waals surface area contributed by atoms with Gasteiger partial charge in [-0.15, -0.1) is 13.2 Å².